The topological polar surface area (TPSA) is 12.0 Å². The summed E-state index contributed by atoms with van der Waals surface area (Å²) in [7, 11) is 0. The predicted molar refractivity (Wildman–Crippen MR) is 61.1 cm³/mol. The van der Waals surface area contributed by atoms with E-state index in [1.54, 1.807) is 0 Å². The van der Waals surface area contributed by atoms with Gasteiger partial charge in [0, 0.05) is 11.4 Å². The van der Waals surface area contributed by atoms with Crippen LogP contribution in [0, 0.1) is 0 Å². The summed E-state index contributed by atoms with van der Waals surface area (Å²) in [5.41, 5.74) is 0. The fourth-order valence-electron chi connectivity index (χ4n) is 0.787. The van der Waals surface area contributed by atoms with Gasteiger partial charge in [-0.1, -0.05) is 36.2 Å². The zero-order valence-electron chi connectivity index (χ0n) is 7.40. The van der Waals surface area contributed by atoms with Crippen LogP contribution >= 0.6 is 32.9 Å². The van der Waals surface area contributed by atoms with Crippen molar-refractivity contribution < 1.29 is 0 Å². The number of rotatable bonds is 6. The van der Waals surface area contributed by atoms with Crippen LogP contribution in [0.4, 0.5) is 0 Å². The summed E-state index contributed by atoms with van der Waals surface area (Å²) in [4.78, 5) is 0. The van der Waals surface area contributed by atoms with Gasteiger partial charge in [0.25, 0.3) is 0 Å². The minimum absolute atomic E-state index is 0. The van der Waals surface area contributed by atoms with Gasteiger partial charge >= 0.3 is 0 Å². The number of hydrogen-bond donors (Lipinski definition) is 1. The summed E-state index contributed by atoms with van der Waals surface area (Å²) >= 11 is 3.41. The van der Waals surface area contributed by atoms with Crippen molar-refractivity contribution >= 4 is 32.9 Å². The van der Waals surface area contributed by atoms with Crippen LogP contribution < -0.4 is 5.32 Å². The molecule has 1 nitrogen and oxygen atoms in total. The van der Waals surface area contributed by atoms with Gasteiger partial charge in [0.2, 0.25) is 0 Å². The van der Waals surface area contributed by atoms with E-state index in [9.17, 15) is 0 Å². The molecule has 0 amide bonds. The lowest BCUT2D eigenvalue weighted by Crippen LogP contribution is -2.23. The van der Waals surface area contributed by atoms with Crippen LogP contribution in [0.3, 0.4) is 0 Å². The molecular formula is C8H19Br2N. The van der Waals surface area contributed by atoms with Gasteiger partial charge in [-0.2, -0.15) is 0 Å². The van der Waals surface area contributed by atoms with Crippen LogP contribution in [0.15, 0.2) is 0 Å². The Labute approximate surface area is 89.2 Å². The molecule has 0 aliphatic heterocycles. The first kappa shape index (κ1) is 14.4. The van der Waals surface area contributed by atoms with Gasteiger partial charge in [0.1, 0.15) is 0 Å². The van der Waals surface area contributed by atoms with Gasteiger partial charge in [-0.25, -0.2) is 0 Å². The Balaban J connectivity index is 0. The average Bonchev–Trinajstić information content (AvgIpc) is 1.87. The minimum Gasteiger partial charge on any atom is -0.315 e. The van der Waals surface area contributed by atoms with E-state index in [1.807, 2.05) is 0 Å². The number of alkyl halides is 1. The lowest BCUT2D eigenvalue weighted by molar-refractivity contribution is 0.556. The first-order valence-electron chi connectivity index (χ1n) is 4.06. The van der Waals surface area contributed by atoms with E-state index in [0.29, 0.717) is 6.04 Å². The van der Waals surface area contributed by atoms with Crippen LogP contribution in [-0.4, -0.2) is 17.9 Å². The molecule has 0 aromatic heterocycles. The Hall–Kier alpha value is 0.920. The number of unbranched alkanes of at least 4 members (excludes halogenated alkanes) is 2. The van der Waals surface area contributed by atoms with E-state index in [4.69, 9.17) is 0 Å². The van der Waals surface area contributed by atoms with E-state index in [1.165, 1.54) is 25.8 Å². The summed E-state index contributed by atoms with van der Waals surface area (Å²) in [5, 5.41) is 4.54. The predicted octanol–water partition coefficient (Wildman–Crippen LogP) is 3.13. The highest BCUT2D eigenvalue weighted by Gasteiger charge is 1.90. The smallest absolute Gasteiger partial charge is 0.00313 e. The Kier molecular flexibility index (Phi) is 14.3. The maximum absolute atomic E-state index is 3.41. The molecule has 0 aromatic carbocycles. The van der Waals surface area contributed by atoms with Gasteiger partial charge in [0.05, 0.1) is 0 Å². The minimum atomic E-state index is 0. The zero-order valence-corrected chi connectivity index (χ0v) is 10.7. The van der Waals surface area contributed by atoms with Gasteiger partial charge in [0.15, 0.2) is 0 Å². The molecule has 1 N–H and O–H groups in total. The molecule has 0 unspecified atom stereocenters. The highest BCUT2D eigenvalue weighted by molar-refractivity contribution is 9.09. The maximum Gasteiger partial charge on any atom is 0.00313 e. The lowest BCUT2D eigenvalue weighted by atomic mass is 10.2. The van der Waals surface area contributed by atoms with Crippen LogP contribution in [0.1, 0.15) is 33.1 Å². The van der Waals surface area contributed by atoms with Gasteiger partial charge in [-0.05, 0) is 19.4 Å². The second-order valence-electron chi connectivity index (χ2n) is 2.86. The highest BCUT2D eigenvalue weighted by atomic mass is 79.9. The molecule has 70 valence electrons. The summed E-state index contributed by atoms with van der Waals surface area (Å²) in [6, 6.07) is 0.643. The molecular weight excluding hydrogens is 270 g/mol. The number of hydrogen-bond acceptors (Lipinski definition) is 1. The standard InChI is InChI=1S/C8H18BrN.BrH/c1-8(2)10-7-5-3-4-6-9;/h8,10H,3-7H2,1-2H3;1H. The molecule has 3 heteroatoms. The third-order valence-electron chi connectivity index (χ3n) is 1.36. The molecule has 0 rings (SSSR count). The monoisotopic (exact) mass is 287 g/mol. The van der Waals surface area contributed by atoms with Crippen molar-refractivity contribution in [2.45, 2.75) is 39.2 Å². The van der Waals surface area contributed by atoms with E-state index >= 15 is 0 Å². The molecule has 0 heterocycles. The largest absolute Gasteiger partial charge is 0.315 e. The van der Waals surface area contributed by atoms with Gasteiger partial charge in [-0.15, -0.1) is 17.0 Å². The molecule has 0 saturated carbocycles. The third kappa shape index (κ3) is 13.9. The summed E-state index contributed by atoms with van der Waals surface area (Å²) < 4.78 is 0. The maximum atomic E-state index is 3.41. The van der Waals surface area contributed by atoms with Gasteiger partial charge in [-0.3, -0.25) is 0 Å². The molecule has 0 aliphatic rings. The molecule has 0 bridgehead atoms. The van der Waals surface area contributed by atoms with Crippen molar-refractivity contribution in [3.05, 3.63) is 0 Å². The van der Waals surface area contributed by atoms with Crippen molar-refractivity contribution in [1.82, 2.24) is 5.32 Å². The molecule has 0 radical (unpaired) electrons. The van der Waals surface area contributed by atoms with E-state index in [0.717, 1.165) is 5.33 Å². The summed E-state index contributed by atoms with van der Waals surface area (Å²) in [6.45, 7) is 5.54. The van der Waals surface area contributed by atoms with Crippen LogP contribution in [0.2, 0.25) is 0 Å². The van der Waals surface area contributed by atoms with E-state index in [2.05, 4.69) is 35.1 Å². The van der Waals surface area contributed by atoms with Crippen LogP contribution in [0.5, 0.6) is 0 Å². The van der Waals surface area contributed by atoms with Crippen molar-refractivity contribution in [2.75, 3.05) is 11.9 Å². The second kappa shape index (κ2) is 10.9. The fourth-order valence-corrected chi connectivity index (χ4v) is 1.18. The molecule has 0 saturated heterocycles. The molecule has 0 fully saturated rings. The molecule has 0 aliphatic carbocycles. The van der Waals surface area contributed by atoms with Crippen LogP contribution in [-0.2, 0) is 0 Å². The Morgan fingerprint density at radius 3 is 2.27 bits per heavy atom. The fraction of sp³-hybridized carbons (Fsp3) is 1.00. The quantitative estimate of drug-likeness (QED) is 0.585. The second-order valence-corrected chi connectivity index (χ2v) is 3.65. The number of nitrogens with one attached hydrogen (secondary N) is 1. The lowest BCUT2D eigenvalue weighted by Gasteiger charge is -2.06. The van der Waals surface area contributed by atoms with E-state index < -0.39 is 0 Å². The number of halogens is 2. The van der Waals surface area contributed by atoms with Crippen molar-refractivity contribution in [3.63, 3.8) is 0 Å². The Morgan fingerprint density at radius 2 is 1.82 bits per heavy atom. The first-order valence-corrected chi connectivity index (χ1v) is 5.19. The molecule has 11 heavy (non-hydrogen) atoms. The summed E-state index contributed by atoms with van der Waals surface area (Å²) in [6.07, 6.45) is 3.95. The normalized spacial score (nSPS) is 9.82. The molecule has 0 aromatic rings. The average molecular weight is 289 g/mol. The zero-order chi connectivity index (χ0) is 7.82. The molecule has 0 spiro atoms. The Morgan fingerprint density at radius 1 is 1.18 bits per heavy atom. The van der Waals surface area contributed by atoms with Crippen LogP contribution in [0.25, 0.3) is 0 Å². The van der Waals surface area contributed by atoms with Gasteiger partial charge < -0.3 is 5.32 Å². The van der Waals surface area contributed by atoms with Crippen molar-refractivity contribution in [1.29, 1.82) is 0 Å². The Bertz CT molecular complexity index is 67.1. The van der Waals surface area contributed by atoms with E-state index in [-0.39, 0.29) is 17.0 Å². The van der Waals surface area contributed by atoms with Crippen molar-refractivity contribution in [3.8, 4) is 0 Å². The first-order chi connectivity index (χ1) is 4.77. The highest BCUT2D eigenvalue weighted by Crippen LogP contribution is 1.97. The third-order valence-corrected chi connectivity index (χ3v) is 1.92. The summed E-state index contributed by atoms with van der Waals surface area (Å²) in [5.74, 6) is 0. The molecule has 0 atom stereocenters. The van der Waals surface area contributed by atoms with Crippen molar-refractivity contribution in [2.24, 2.45) is 0 Å². The SMILES string of the molecule is Br.CC(C)NCCCCCBr.